The van der Waals surface area contributed by atoms with Crippen LogP contribution in [0.5, 0.6) is 5.88 Å². The number of carbonyl (C=O) groups excluding carboxylic acids is 2. The van der Waals surface area contributed by atoms with Gasteiger partial charge in [0.25, 0.3) is 0 Å². The van der Waals surface area contributed by atoms with E-state index >= 15 is 0 Å². The Hall–Kier alpha value is -2.89. The maximum absolute atomic E-state index is 12.9. The van der Waals surface area contributed by atoms with E-state index in [2.05, 4.69) is 10.3 Å². The second-order valence-corrected chi connectivity index (χ2v) is 9.08. The van der Waals surface area contributed by atoms with Crippen molar-refractivity contribution in [2.45, 2.75) is 67.2 Å². The topological polar surface area (TPSA) is 91.3 Å². The second-order valence-electron chi connectivity index (χ2n) is 9.08. The van der Waals surface area contributed by atoms with Crippen molar-refractivity contribution in [2.75, 3.05) is 12.4 Å². The molecule has 2 rings (SSSR count). The van der Waals surface area contributed by atoms with Crippen LogP contribution in [-0.2, 0) is 16.0 Å². The van der Waals surface area contributed by atoms with E-state index in [0.29, 0.717) is 12.1 Å². The summed E-state index contributed by atoms with van der Waals surface area (Å²) >= 11 is 0. The monoisotopic (exact) mass is 425 g/mol. The molecule has 1 N–H and O–H groups in total. The zero-order valence-corrected chi connectivity index (χ0v) is 19.8. The first-order chi connectivity index (χ1) is 14.4. The lowest BCUT2D eigenvalue weighted by atomic mass is 9.82. The minimum atomic E-state index is -1.16. The Kier molecular flexibility index (Phi) is 7.47. The SMILES string of the molecule is CCc1c(C)nc(OC)c(NC(=O)C(C)(C)C)c1C(CC(=O)[O-])c1cc(C)cc(C)c1. The molecule has 0 saturated carbocycles. The molecule has 1 aromatic carbocycles. The summed E-state index contributed by atoms with van der Waals surface area (Å²) in [6.45, 7) is 13.3. The van der Waals surface area contributed by atoms with Crippen LogP contribution in [0.2, 0.25) is 0 Å². The minimum absolute atomic E-state index is 0.202. The summed E-state index contributed by atoms with van der Waals surface area (Å²) in [5.74, 6) is -1.61. The number of hydrogen-bond acceptors (Lipinski definition) is 5. The minimum Gasteiger partial charge on any atom is -0.550 e. The Morgan fingerprint density at radius 2 is 1.71 bits per heavy atom. The van der Waals surface area contributed by atoms with Crippen LogP contribution in [0.4, 0.5) is 5.69 Å². The molecule has 0 aliphatic carbocycles. The maximum Gasteiger partial charge on any atom is 0.238 e. The number of amides is 1. The fraction of sp³-hybridized carbons (Fsp3) is 0.480. The number of carbonyl (C=O) groups is 2. The van der Waals surface area contributed by atoms with Gasteiger partial charge in [0, 0.05) is 23.0 Å². The van der Waals surface area contributed by atoms with Crippen LogP contribution in [0.25, 0.3) is 0 Å². The predicted molar refractivity (Wildman–Crippen MR) is 120 cm³/mol. The van der Waals surface area contributed by atoms with Crippen molar-refractivity contribution < 1.29 is 19.4 Å². The standard InChI is InChI=1S/C25H34N2O4/c1-9-18-16(4)26-23(31-8)22(27-24(30)25(5,6)7)21(18)19(13-20(28)29)17-11-14(2)10-15(3)12-17/h10-12,19H,9,13H2,1-8H3,(H,27,30)(H,28,29)/p-1. The Balaban J connectivity index is 2.88. The van der Waals surface area contributed by atoms with Gasteiger partial charge in [0.05, 0.1) is 7.11 Å². The Morgan fingerprint density at radius 1 is 1.13 bits per heavy atom. The largest absolute Gasteiger partial charge is 0.550 e. The number of aryl methyl sites for hydroxylation is 3. The molecule has 1 aromatic heterocycles. The Bertz CT molecular complexity index is 970. The maximum atomic E-state index is 12.9. The number of methoxy groups -OCH3 is 1. The first kappa shape index (κ1) is 24.4. The average molecular weight is 426 g/mol. The number of benzene rings is 1. The number of ether oxygens (including phenoxy) is 1. The molecule has 6 nitrogen and oxygen atoms in total. The van der Waals surface area contributed by atoms with Crippen molar-refractivity contribution in [3.05, 3.63) is 51.7 Å². The fourth-order valence-corrected chi connectivity index (χ4v) is 3.90. The second kappa shape index (κ2) is 9.50. The number of aliphatic carboxylic acids is 1. The molecule has 1 amide bonds. The molecule has 6 heteroatoms. The molecule has 2 aromatic rings. The van der Waals surface area contributed by atoms with Crippen molar-refractivity contribution in [1.29, 1.82) is 0 Å². The number of carboxylic acid groups (broad SMARTS) is 1. The molecular weight excluding hydrogens is 392 g/mol. The molecular formula is C25H33N2O4-. The van der Waals surface area contributed by atoms with E-state index in [-0.39, 0.29) is 18.2 Å². The van der Waals surface area contributed by atoms with Crippen molar-refractivity contribution in [2.24, 2.45) is 5.41 Å². The third-order valence-corrected chi connectivity index (χ3v) is 5.35. The predicted octanol–water partition coefficient (Wildman–Crippen LogP) is 3.83. The van der Waals surface area contributed by atoms with Crippen LogP contribution >= 0.6 is 0 Å². The summed E-state index contributed by atoms with van der Waals surface area (Å²) in [5, 5.41) is 14.8. The van der Waals surface area contributed by atoms with E-state index in [1.165, 1.54) is 7.11 Å². The first-order valence-electron chi connectivity index (χ1n) is 10.6. The van der Waals surface area contributed by atoms with Gasteiger partial charge >= 0.3 is 0 Å². The number of nitrogens with one attached hydrogen (secondary N) is 1. The van der Waals surface area contributed by atoms with Crippen LogP contribution in [-0.4, -0.2) is 24.0 Å². The summed E-state index contributed by atoms with van der Waals surface area (Å²) in [7, 11) is 1.49. The smallest absolute Gasteiger partial charge is 0.238 e. The number of rotatable bonds is 7. The highest BCUT2D eigenvalue weighted by Gasteiger charge is 2.30. The molecule has 0 bridgehead atoms. The van der Waals surface area contributed by atoms with Crippen LogP contribution in [0.3, 0.4) is 0 Å². The molecule has 1 heterocycles. The normalized spacial score (nSPS) is 12.4. The summed E-state index contributed by atoms with van der Waals surface area (Å²) < 4.78 is 5.53. The number of pyridine rings is 1. The first-order valence-corrected chi connectivity index (χ1v) is 10.6. The lowest BCUT2D eigenvalue weighted by Gasteiger charge is -2.28. The van der Waals surface area contributed by atoms with Crippen LogP contribution in [0.15, 0.2) is 18.2 Å². The van der Waals surface area contributed by atoms with Gasteiger partial charge in [0.2, 0.25) is 11.8 Å². The van der Waals surface area contributed by atoms with Gasteiger partial charge in [0.1, 0.15) is 5.69 Å². The van der Waals surface area contributed by atoms with Crippen LogP contribution < -0.4 is 15.2 Å². The van der Waals surface area contributed by atoms with E-state index < -0.39 is 17.3 Å². The molecule has 0 aliphatic heterocycles. The summed E-state index contributed by atoms with van der Waals surface area (Å²) in [6, 6.07) is 6.01. The highest BCUT2D eigenvalue weighted by Crippen LogP contribution is 2.42. The van der Waals surface area contributed by atoms with E-state index in [1.54, 1.807) is 0 Å². The molecule has 0 radical (unpaired) electrons. The Labute approximate surface area is 185 Å². The molecule has 1 unspecified atom stereocenters. The molecule has 31 heavy (non-hydrogen) atoms. The fourth-order valence-electron chi connectivity index (χ4n) is 3.90. The van der Waals surface area contributed by atoms with Crippen molar-refractivity contribution in [3.8, 4) is 5.88 Å². The van der Waals surface area contributed by atoms with E-state index in [9.17, 15) is 14.7 Å². The van der Waals surface area contributed by atoms with Gasteiger partial charge in [-0.3, -0.25) is 4.79 Å². The average Bonchev–Trinajstić information content (AvgIpc) is 2.65. The van der Waals surface area contributed by atoms with Gasteiger partial charge in [-0.1, -0.05) is 57.0 Å². The van der Waals surface area contributed by atoms with Crippen molar-refractivity contribution in [1.82, 2.24) is 4.98 Å². The number of nitrogens with zero attached hydrogens (tertiary/aromatic N) is 1. The van der Waals surface area contributed by atoms with Crippen LogP contribution in [0, 0.1) is 26.2 Å². The lowest BCUT2D eigenvalue weighted by molar-refractivity contribution is -0.306. The zero-order chi connectivity index (χ0) is 23.5. The zero-order valence-electron chi connectivity index (χ0n) is 19.8. The number of aromatic nitrogens is 1. The van der Waals surface area contributed by atoms with Crippen molar-refractivity contribution in [3.63, 3.8) is 0 Å². The van der Waals surface area contributed by atoms with E-state index in [4.69, 9.17) is 4.74 Å². The highest BCUT2D eigenvalue weighted by atomic mass is 16.5. The quantitative estimate of drug-likeness (QED) is 0.728. The number of hydrogen-bond donors (Lipinski definition) is 1. The van der Waals surface area contributed by atoms with Crippen molar-refractivity contribution >= 4 is 17.6 Å². The molecule has 1 atom stereocenters. The molecule has 0 spiro atoms. The third-order valence-electron chi connectivity index (χ3n) is 5.35. The van der Waals surface area contributed by atoms with E-state index in [1.807, 2.05) is 66.7 Å². The highest BCUT2D eigenvalue weighted by molar-refractivity contribution is 5.97. The summed E-state index contributed by atoms with van der Waals surface area (Å²) in [6.07, 6.45) is 0.409. The van der Waals surface area contributed by atoms with Gasteiger partial charge in [0.15, 0.2) is 0 Å². The van der Waals surface area contributed by atoms with Gasteiger partial charge < -0.3 is 20.0 Å². The third kappa shape index (κ3) is 5.63. The number of carboxylic acids is 1. The molecule has 168 valence electrons. The molecule has 0 fully saturated rings. The number of anilines is 1. The van der Waals surface area contributed by atoms with Crippen LogP contribution in [0.1, 0.15) is 73.5 Å². The van der Waals surface area contributed by atoms with Gasteiger partial charge in [-0.25, -0.2) is 4.98 Å². The van der Waals surface area contributed by atoms with Gasteiger partial charge in [-0.05, 0) is 50.3 Å². The molecule has 0 aliphatic rings. The van der Waals surface area contributed by atoms with E-state index in [0.717, 1.165) is 33.5 Å². The Morgan fingerprint density at radius 3 is 2.16 bits per heavy atom. The lowest BCUT2D eigenvalue weighted by Crippen LogP contribution is -2.30. The molecule has 0 saturated heterocycles. The van der Waals surface area contributed by atoms with Gasteiger partial charge in [-0.15, -0.1) is 0 Å². The summed E-state index contributed by atoms with van der Waals surface area (Å²) in [4.78, 5) is 29.3. The van der Waals surface area contributed by atoms with Gasteiger partial charge in [-0.2, -0.15) is 0 Å². The summed E-state index contributed by atoms with van der Waals surface area (Å²) in [5.41, 5.74) is 5.07.